The second kappa shape index (κ2) is 11.2. The molecule has 2 heterocycles. The van der Waals surface area contributed by atoms with Crippen LogP contribution in [-0.4, -0.2) is 51.3 Å². The zero-order valence-corrected chi connectivity index (χ0v) is 20.4. The van der Waals surface area contributed by atoms with Gasteiger partial charge in [-0.05, 0) is 67.3 Å². The molecule has 1 aliphatic rings. The largest absolute Gasteiger partial charge is 0.508 e. The molecule has 0 amide bonds. The number of nitrogens with zero attached hydrogens (tertiary/aromatic N) is 3. The van der Waals surface area contributed by atoms with E-state index in [0.29, 0.717) is 30.4 Å². The van der Waals surface area contributed by atoms with Crippen LogP contribution in [0.4, 0.5) is 0 Å². The van der Waals surface area contributed by atoms with Crippen LogP contribution < -0.4 is 9.47 Å². The van der Waals surface area contributed by atoms with Crippen LogP contribution in [0, 0.1) is 5.92 Å². The fourth-order valence-electron chi connectivity index (χ4n) is 4.29. The number of rotatable bonds is 10. The summed E-state index contributed by atoms with van der Waals surface area (Å²) < 4.78 is 12.2. The quantitative estimate of drug-likeness (QED) is 0.426. The van der Waals surface area contributed by atoms with Gasteiger partial charge in [0.15, 0.2) is 0 Å². The van der Waals surface area contributed by atoms with Gasteiger partial charge in [0.2, 0.25) is 5.88 Å². The molecule has 3 aromatic rings. The van der Waals surface area contributed by atoms with Crippen LogP contribution in [0.5, 0.6) is 23.1 Å². The van der Waals surface area contributed by atoms with Gasteiger partial charge in [-0.2, -0.15) is 0 Å². The zero-order chi connectivity index (χ0) is 24.8. The van der Waals surface area contributed by atoms with Gasteiger partial charge in [-0.3, -0.25) is 9.88 Å². The number of hydrogen-bond donors (Lipinski definition) is 2. The molecule has 0 spiro atoms. The van der Waals surface area contributed by atoms with Crippen LogP contribution in [0.2, 0.25) is 0 Å². The number of aromatic nitrogens is 2. The lowest BCUT2D eigenvalue weighted by Crippen LogP contribution is -2.26. The Kier molecular flexibility index (Phi) is 7.87. The van der Waals surface area contributed by atoms with Crippen LogP contribution in [-0.2, 0) is 6.42 Å². The molecule has 2 atom stereocenters. The first-order valence-corrected chi connectivity index (χ1v) is 12.0. The van der Waals surface area contributed by atoms with E-state index in [9.17, 15) is 10.2 Å². The third-order valence-corrected chi connectivity index (χ3v) is 6.17. The number of hydrogen-bond acceptors (Lipinski definition) is 7. The smallest absolute Gasteiger partial charge is 0.232 e. The molecule has 4 rings (SSSR count). The van der Waals surface area contributed by atoms with Gasteiger partial charge >= 0.3 is 0 Å². The summed E-state index contributed by atoms with van der Waals surface area (Å²) in [5, 5.41) is 19.8. The normalized spacial score (nSPS) is 16.7. The van der Waals surface area contributed by atoms with Gasteiger partial charge < -0.3 is 19.7 Å². The maximum Gasteiger partial charge on any atom is 0.232 e. The van der Waals surface area contributed by atoms with E-state index >= 15 is 0 Å². The maximum atomic E-state index is 9.92. The van der Waals surface area contributed by atoms with Gasteiger partial charge in [0, 0.05) is 25.1 Å². The van der Waals surface area contributed by atoms with Crippen molar-refractivity contribution in [2.45, 2.75) is 32.8 Å². The molecule has 1 saturated heterocycles. The summed E-state index contributed by atoms with van der Waals surface area (Å²) in [7, 11) is 0. The Morgan fingerprint density at radius 3 is 2.66 bits per heavy atom. The number of benzene rings is 2. The van der Waals surface area contributed by atoms with Gasteiger partial charge in [-0.15, -0.1) is 0 Å². The molecule has 1 aliphatic heterocycles. The van der Waals surface area contributed by atoms with Crippen molar-refractivity contribution < 1.29 is 19.7 Å². The minimum absolute atomic E-state index is 0.143. The highest BCUT2D eigenvalue weighted by molar-refractivity contribution is 5.68. The summed E-state index contributed by atoms with van der Waals surface area (Å²) in [6.07, 6.45) is 4.52. The van der Waals surface area contributed by atoms with E-state index in [2.05, 4.69) is 28.4 Å². The molecular weight excluding hydrogens is 442 g/mol. The molecule has 7 nitrogen and oxygen atoms in total. The van der Waals surface area contributed by atoms with Crippen LogP contribution in [0.25, 0.3) is 5.57 Å². The fraction of sp³-hybridized carbons (Fsp3) is 0.357. The van der Waals surface area contributed by atoms with Gasteiger partial charge in [-0.1, -0.05) is 25.6 Å². The third-order valence-electron chi connectivity index (χ3n) is 6.17. The van der Waals surface area contributed by atoms with Crippen molar-refractivity contribution in [1.29, 1.82) is 0 Å². The summed E-state index contributed by atoms with van der Waals surface area (Å²) in [5.41, 5.74) is 3.02. The zero-order valence-electron chi connectivity index (χ0n) is 20.4. The number of phenols is 2. The predicted octanol–water partition coefficient (Wildman–Crippen LogP) is 5.00. The molecule has 2 unspecified atom stereocenters. The molecule has 0 bridgehead atoms. The lowest BCUT2D eigenvalue weighted by Gasteiger charge is -2.21. The van der Waals surface area contributed by atoms with E-state index in [4.69, 9.17) is 9.47 Å². The lowest BCUT2D eigenvalue weighted by atomic mass is 10.0. The van der Waals surface area contributed by atoms with E-state index in [0.717, 1.165) is 42.3 Å². The first-order valence-electron chi connectivity index (χ1n) is 12.0. The molecule has 184 valence electrons. The van der Waals surface area contributed by atoms with Crippen LogP contribution in [0.1, 0.15) is 43.2 Å². The summed E-state index contributed by atoms with van der Waals surface area (Å²) >= 11 is 0. The molecule has 1 aromatic heterocycles. The van der Waals surface area contributed by atoms with Gasteiger partial charge in [-0.25, -0.2) is 4.98 Å². The summed E-state index contributed by atoms with van der Waals surface area (Å²) in [4.78, 5) is 11.5. The molecule has 0 radical (unpaired) electrons. The van der Waals surface area contributed by atoms with Crippen LogP contribution in [0.3, 0.4) is 0 Å². The lowest BCUT2D eigenvalue weighted by molar-refractivity contribution is 0.198. The summed E-state index contributed by atoms with van der Waals surface area (Å²) in [6, 6.07) is 12.0. The van der Waals surface area contributed by atoms with Crippen molar-refractivity contribution in [2.75, 3.05) is 26.2 Å². The molecule has 7 heteroatoms. The van der Waals surface area contributed by atoms with E-state index < -0.39 is 6.10 Å². The molecule has 0 aliphatic carbocycles. The monoisotopic (exact) mass is 475 g/mol. The first-order chi connectivity index (χ1) is 16.9. The molecular formula is C28H33N3O4. The summed E-state index contributed by atoms with van der Waals surface area (Å²) in [5.74, 6) is 2.14. The van der Waals surface area contributed by atoms with Gasteiger partial charge in [0.05, 0.1) is 18.1 Å². The molecule has 0 saturated carbocycles. The Morgan fingerprint density at radius 2 is 1.97 bits per heavy atom. The molecule has 2 aromatic carbocycles. The van der Waals surface area contributed by atoms with Crippen molar-refractivity contribution in [3.8, 4) is 23.1 Å². The molecule has 1 fully saturated rings. The minimum Gasteiger partial charge on any atom is -0.508 e. The van der Waals surface area contributed by atoms with Gasteiger partial charge in [0.25, 0.3) is 0 Å². The highest BCUT2D eigenvalue weighted by atomic mass is 16.5. The second-order valence-corrected chi connectivity index (χ2v) is 9.26. The topological polar surface area (TPSA) is 87.9 Å². The second-order valence-electron chi connectivity index (χ2n) is 9.26. The van der Waals surface area contributed by atoms with Gasteiger partial charge in [0.1, 0.15) is 30.0 Å². The van der Waals surface area contributed by atoms with Crippen molar-refractivity contribution in [2.24, 2.45) is 5.92 Å². The van der Waals surface area contributed by atoms with Crippen molar-refractivity contribution in [3.05, 3.63) is 78.3 Å². The minimum atomic E-state index is -0.480. The maximum absolute atomic E-state index is 9.92. The number of likely N-dealkylation sites (tertiary alicyclic amines) is 1. The SMILES string of the molecule is C=C(C)c1cc(O)ccc1OC(Cc1cccc(O)c1)c1cnc(OCCN2CCC(C)C2)cn1. The Balaban J connectivity index is 1.50. The van der Waals surface area contributed by atoms with Crippen LogP contribution in [0.15, 0.2) is 61.4 Å². The number of aromatic hydroxyl groups is 2. The average molecular weight is 476 g/mol. The average Bonchev–Trinajstić information content (AvgIpc) is 3.25. The molecule has 35 heavy (non-hydrogen) atoms. The van der Waals surface area contributed by atoms with E-state index in [-0.39, 0.29) is 11.5 Å². The molecule has 2 N–H and O–H groups in total. The highest BCUT2D eigenvalue weighted by Crippen LogP contribution is 2.33. The first kappa shape index (κ1) is 24.5. The van der Waals surface area contributed by atoms with E-state index in [1.165, 1.54) is 6.42 Å². The number of allylic oxidation sites excluding steroid dienone is 1. The Labute approximate surface area is 206 Å². The Hall–Kier alpha value is -3.58. The number of ether oxygens (including phenoxy) is 2. The number of phenolic OH excluding ortho intramolecular Hbond substituents is 2. The standard InChI is InChI=1S/C28H33N3O4/c1-19(2)24-15-23(33)7-8-26(24)35-27(14-21-5-4-6-22(32)13-21)25-16-30-28(17-29-25)34-12-11-31-10-9-20(3)18-31/h4-8,13,15-17,20,27,32-33H,1,9-12,14,18H2,2-3H3. The predicted molar refractivity (Wildman–Crippen MR) is 136 cm³/mol. The fourth-order valence-corrected chi connectivity index (χ4v) is 4.29. The Morgan fingerprint density at radius 1 is 1.14 bits per heavy atom. The Bertz CT molecular complexity index is 1150. The van der Waals surface area contributed by atoms with E-state index in [1.54, 1.807) is 48.8 Å². The van der Waals surface area contributed by atoms with Crippen molar-refractivity contribution in [3.63, 3.8) is 0 Å². The van der Waals surface area contributed by atoms with Crippen molar-refractivity contribution >= 4 is 5.57 Å². The van der Waals surface area contributed by atoms with Crippen LogP contribution >= 0.6 is 0 Å². The summed E-state index contributed by atoms with van der Waals surface area (Å²) in [6.45, 7) is 11.8. The highest BCUT2D eigenvalue weighted by Gasteiger charge is 2.20. The van der Waals surface area contributed by atoms with Crippen molar-refractivity contribution in [1.82, 2.24) is 14.9 Å². The van der Waals surface area contributed by atoms with E-state index in [1.807, 2.05) is 13.0 Å². The third kappa shape index (κ3) is 6.73.